The molecule has 1 amide bonds. The second kappa shape index (κ2) is 8.13. The Hall–Kier alpha value is -1.34. The van der Waals surface area contributed by atoms with Crippen molar-refractivity contribution in [1.29, 1.82) is 0 Å². The number of hydrogen-bond donors (Lipinski definition) is 1. The molecular weight excluding hydrogens is 411 g/mol. The Balaban J connectivity index is 1.93. The lowest BCUT2D eigenvalue weighted by atomic mass is 10.1. The van der Waals surface area contributed by atoms with Crippen molar-refractivity contribution in [3.05, 3.63) is 57.6 Å². The predicted octanol–water partition coefficient (Wildman–Crippen LogP) is 5.97. The number of nitrogens with zero attached hydrogens (tertiary/aromatic N) is 2. The van der Waals surface area contributed by atoms with Crippen molar-refractivity contribution >= 4 is 64.5 Å². The molecule has 0 fully saturated rings. The third-order valence-corrected chi connectivity index (χ3v) is 6.01. The fraction of sp³-hybridized carbons (Fsp3) is 0.222. The molecule has 0 saturated carbocycles. The minimum atomic E-state index is -0.569. The maximum atomic E-state index is 12.9. The summed E-state index contributed by atoms with van der Waals surface area (Å²) in [5.41, 5.74) is 2.90. The van der Waals surface area contributed by atoms with Gasteiger partial charge >= 0.3 is 6.09 Å². The number of amides is 1. The van der Waals surface area contributed by atoms with E-state index in [0.717, 1.165) is 11.1 Å². The van der Waals surface area contributed by atoms with Gasteiger partial charge in [0.15, 0.2) is 5.17 Å². The number of ether oxygens (including phenoxy) is 1. The van der Waals surface area contributed by atoms with Gasteiger partial charge in [0, 0.05) is 6.07 Å². The largest absolute Gasteiger partial charge is 0.426 e. The second-order valence-corrected chi connectivity index (χ2v) is 8.70. The first-order chi connectivity index (χ1) is 12.3. The Morgan fingerprint density at radius 2 is 1.96 bits per heavy atom. The molecule has 0 spiro atoms. The molecule has 1 atom stereocenters. The summed E-state index contributed by atoms with van der Waals surface area (Å²) in [5.74, 6) is 0.309. The summed E-state index contributed by atoms with van der Waals surface area (Å²) in [4.78, 5) is 18.8. The summed E-state index contributed by atoms with van der Waals surface area (Å²) < 4.78 is 5.52. The summed E-state index contributed by atoms with van der Waals surface area (Å²) >= 11 is 17.8. The summed E-state index contributed by atoms with van der Waals surface area (Å²) in [5, 5.41) is 1.27. The lowest BCUT2D eigenvalue weighted by Crippen LogP contribution is -2.37. The number of rotatable bonds is 2. The second-order valence-electron chi connectivity index (χ2n) is 5.74. The van der Waals surface area contributed by atoms with E-state index in [0.29, 0.717) is 33.2 Å². The summed E-state index contributed by atoms with van der Waals surface area (Å²) in [6.07, 6.45) is -0.569. The number of benzene rings is 2. The van der Waals surface area contributed by atoms with Crippen LogP contribution in [0.3, 0.4) is 0 Å². The molecule has 1 aliphatic heterocycles. The minimum Gasteiger partial charge on any atom is -0.410 e. The molecule has 2 aromatic carbocycles. The van der Waals surface area contributed by atoms with Gasteiger partial charge in [-0.05, 0) is 49.2 Å². The van der Waals surface area contributed by atoms with Crippen LogP contribution in [-0.2, 0) is 0 Å². The third-order valence-electron chi connectivity index (χ3n) is 3.84. The van der Waals surface area contributed by atoms with Crippen molar-refractivity contribution in [2.24, 2.45) is 4.99 Å². The molecule has 0 radical (unpaired) electrons. The normalized spacial score (nSPS) is 16.3. The molecule has 26 heavy (non-hydrogen) atoms. The highest BCUT2D eigenvalue weighted by atomic mass is 35.5. The first-order valence-electron chi connectivity index (χ1n) is 7.78. The fourth-order valence-corrected chi connectivity index (χ4v) is 3.80. The maximum Gasteiger partial charge on any atom is 0.426 e. The van der Waals surface area contributed by atoms with E-state index in [-0.39, 0.29) is 4.58 Å². The first kappa shape index (κ1) is 19.4. The molecule has 0 aromatic heterocycles. The van der Waals surface area contributed by atoms with Gasteiger partial charge in [0.25, 0.3) is 0 Å². The molecular formula is C18H16Cl2N2O2S2. The fourth-order valence-electron chi connectivity index (χ4n) is 2.32. The Kier molecular flexibility index (Phi) is 6.07. The molecule has 1 heterocycles. The number of anilines is 1. The minimum absolute atomic E-state index is 0.0109. The van der Waals surface area contributed by atoms with Gasteiger partial charge in [-0.15, -0.1) is 0 Å². The van der Waals surface area contributed by atoms with Gasteiger partial charge in [-0.3, -0.25) is 4.99 Å². The van der Waals surface area contributed by atoms with Crippen molar-refractivity contribution in [1.82, 2.24) is 0 Å². The summed E-state index contributed by atoms with van der Waals surface area (Å²) in [6.45, 7) is 4.54. The smallest absolute Gasteiger partial charge is 0.410 e. The lowest BCUT2D eigenvalue weighted by molar-refractivity contribution is 0.211. The Labute approximate surface area is 171 Å². The average Bonchev–Trinajstić information content (AvgIpc) is 3.00. The summed E-state index contributed by atoms with van der Waals surface area (Å²) in [6, 6.07) is 10.4. The molecule has 0 N–H and O–H groups in total. The van der Waals surface area contributed by atoms with Crippen LogP contribution in [0.1, 0.15) is 11.1 Å². The van der Waals surface area contributed by atoms with E-state index >= 15 is 0 Å². The molecule has 8 heteroatoms. The number of carbonyl (C=O) groups is 1. The van der Waals surface area contributed by atoms with Gasteiger partial charge in [0.1, 0.15) is 5.75 Å². The molecule has 1 unspecified atom stereocenters. The van der Waals surface area contributed by atoms with Crippen LogP contribution < -0.4 is 9.64 Å². The van der Waals surface area contributed by atoms with Gasteiger partial charge in [0.2, 0.25) is 0 Å². The van der Waals surface area contributed by atoms with Crippen molar-refractivity contribution in [2.45, 2.75) is 18.4 Å². The first-order valence-corrected chi connectivity index (χ1v) is 9.94. The highest BCUT2D eigenvalue weighted by Gasteiger charge is 2.29. The molecule has 0 saturated heterocycles. The number of carbonyl (C=O) groups excluding carboxylic acids is 1. The van der Waals surface area contributed by atoms with Crippen LogP contribution in [-0.4, -0.2) is 22.4 Å². The zero-order chi connectivity index (χ0) is 18.8. The van der Waals surface area contributed by atoms with E-state index in [2.05, 4.69) is 17.6 Å². The lowest BCUT2D eigenvalue weighted by Gasteiger charge is -2.22. The number of aliphatic imine (C=N–C) groups is 1. The van der Waals surface area contributed by atoms with E-state index in [1.165, 1.54) is 22.7 Å². The molecule has 0 aliphatic carbocycles. The van der Waals surface area contributed by atoms with Crippen molar-refractivity contribution in [3.63, 3.8) is 0 Å². The Morgan fingerprint density at radius 3 is 2.58 bits per heavy atom. The number of amidine groups is 1. The quantitative estimate of drug-likeness (QED) is 0.600. The number of halogens is 2. The Morgan fingerprint density at radius 1 is 1.19 bits per heavy atom. The van der Waals surface area contributed by atoms with Crippen LogP contribution in [0.5, 0.6) is 5.75 Å². The van der Waals surface area contributed by atoms with Crippen LogP contribution in [0.2, 0.25) is 10.0 Å². The molecule has 1 aliphatic rings. The monoisotopic (exact) mass is 426 g/mol. The number of thiol groups is 1. The number of thioether (sulfide) groups is 1. The van der Waals surface area contributed by atoms with Gasteiger partial charge in [0.05, 0.1) is 26.9 Å². The van der Waals surface area contributed by atoms with E-state index < -0.39 is 6.09 Å². The molecule has 4 nitrogen and oxygen atoms in total. The topological polar surface area (TPSA) is 41.9 Å². The van der Waals surface area contributed by atoms with Crippen molar-refractivity contribution in [3.8, 4) is 5.75 Å². The maximum absolute atomic E-state index is 12.9. The van der Waals surface area contributed by atoms with Crippen LogP contribution in [0.25, 0.3) is 0 Å². The van der Waals surface area contributed by atoms with Crippen LogP contribution in [0, 0.1) is 13.8 Å². The predicted molar refractivity (Wildman–Crippen MR) is 114 cm³/mol. The highest BCUT2D eigenvalue weighted by Crippen LogP contribution is 2.32. The van der Waals surface area contributed by atoms with E-state index in [1.54, 1.807) is 12.1 Å². The zero-order valence-corrected chi connectivity index (χ0v) is 17.3. The number of hydrogen-bond acceptors (Lipinski definition) is 5. The van der Waals surface area contributed by atoms with Gasteiger partial charge < -0.3 is 4.74 Å². The number of aryl methyl sites for hydroxylation is 2. The van der Waals surface area contributed by atoms with E-state index in [9.17, 15) is 4.79 Å². The standard InChI is InChI=1S/C18H16Cl2N2O2S2/c1-10-3-4-12(7-11(10)2)22(17-21-9-16(25)26-17)18(23)24-13-5-6-14(19)15(20)8-13/h3-8,16,25H,9H2,1-2H3. The highest BCUT2D eigenvalue weighted by molar-refractivity contribution is 8.21. The van der Waals surface area contributed by atoms with Gasteiger partial charge in [-0.25, -0.2) is 9.69 Å². The molecule has 3 rings (SSSR count). The van der Waals surface area contributed by atoms with Gasteiger partial charge in [-0.2, -0.15) is 12.6 Å². The molecule has 136 valence electrons. The summed E-state index contributed by atoms with van der Waals surface area (Å²) in [7, 11) is 0. The third kappa shape index (κ3) is 4.31. The van der Waals surface area contributed by atoms with Gasteiger partial charge in [-0.1, -0.05) is 41.0 Å². The molecule has 0 bridgehead atoms. The average molecular weight is 427 g/mol. The van der Waals surface area contributed by atoms with Crippen LogP contribution >= 0.6 is 47.6 Å². The van der Waals surface area contributed by atoms with Crippen LogP contribution in [0.15, 0.2) is 41.4 Å². The zero-order valence-electron chi connectivity index (χ0n) is 14.1. The van der Waals surface area contributed by atoms with E-state index in [4.69, 9.17) is 27.9 Å². The SMILES string of the molecule is Cc1ccc(N(C(=O)Oc2ccc(Cl)c(Cl)c2)C2=NCC(S)S2)cc1C. The van der Waals surface area contributed by atoms with E-state index in [1.807, 2.05) is 32.0 Å². The Bertz CT molecular complexity index is 889. The van der Waals surface area contributed by atoms with Crippen molar-refractivity contribution in [2.75, 3.05) is 11.4 Å². The molecule has 2 aromatic rings. The van der Waals surface area contributed by atoms with Crippen molar-refractivity contribution < 1.29 is 9.53 Å². The van der Waals surface area contributed by atoms with Crippen LogP contribution in [0.4, 0.5) is 10.5 Å².